The van der Waals surface area contributed by atoms with E-state index in [9.17, 15) is 4.79 Å². The highest BCUT2D eigenvalue weighted by Gasteiger charge is 2.20. The Bertz CT molecular complexity index is 623. The largest absolute Gasteiger partial charge is 0.496 e. The van der Waals surface area contributed by atoms with Crippen molar-refractivity contribution in [2.75, 3.05) is 14.2 Å². The normalized spacial score (nSPS) is 10.3. The fraction of sp³-hybridized carbons (Fsp3) is 0.167. The first-order chi connectivity index (χ1) is 9.08. The molecule has 0 aliphatic heterocycles. The molecule has 1 aromatic carbocycles. The molecular weight excluding hydrogens is 318 g/mol. The first-order valence-electron chi connectivity index (χ1n) is 5.19. The van der Waals surface area contributed by atoms with Crippen LogP contribution < -0.4 is 9.47 Å². The average molecular weight is 328 g/mol. The minimum Gasteiger partial charge on any atom is -0.496 e. The molecule has 0 spiro atoms. The smallest absolute Gasteiger partial charge is 0.358 e. The van der Waals surface area contributed by atoms with E-state index in [1.54, 1.807) is 12.1 Å². The molecule has 19 heavy (non-hydrogen) atoms. The third-order valence-electron chi connectivity index (χ3n) is 2.48. The fourth-order valence-electron chi connectivity index (χ4n) is 1.59. The van der Waals surface area contributed by atoms with E-state index >= 15 is 0 Å². The van der Waals surface area contributed by atoms with Crippen LogP contribution in [-0.4, -0.2) is 30.5 Å². The van der Waals surface area contributed by atoms with Crippen molar-refractivity contribution in [3.8, 4) is 22.8 Å². The van der Waals surface area contributed by atoms with E-state index in [4.69, 9.17) is 19.1 Å². The van der Waals surface area contributed by atoms with Crippen LogP contribution in [-0.2, 0) is 0 Å². The molecule has 0 amide bonds. The molecule has 2 rings (SSSR count). The molecule has 100 valence electrons. The lowest BCUT2D eigenvalue weighted by Gasteiger charge is -2.11. The minimum atomic E-state index is -1.16. The quantitative estimate of drug-likeness (QED) is 0.929. The zero-order valence-electron chi connectivity index (χ0n) is 10.1. The molecule has 0 aliphatic rings. The zero-order chi connectivity index (χ0) is 14.0. The van der Waals surface area contributed by atoms with Crippen LogP contribution in [0.2, 0.25) is 0 Å². The molecule has 0 saturated carbocycles. The molecule has 0 fully saturated rings. The predicted molar refractivity (Wildman–Crippen MR) is 69.7 cm³/mol. The van der Waals surface area contributed by atoms with Gasteiger partial charge >= 0.3 is 5.97 Å². The molecule has 0 aliphatic carbocycles. The van der Waals surface area contributed by atoms with Gasteiger partial charge in [0.2, 0.25) is 0 Å². The highest BCUT2D eigenvalue weighted by atomic mass is 79.9. The van der Waals surface area contributed by atoms with Crippen molar-refractivity contribution in [2.45, 2.75) is 0 Å². The summed E-state index contributed by atoms with van der Waals surface area (Å²) in [4.78, 5) is 10.8. The SMILES string of the molecule is COc1ccc(OC)c(-c2cc(C(=O)O)no2)c1Br. The second kappa shape index (κ2) is 5.31. The number of ether oxygens (including phenoxy) is 2. The Hall–Kier alpha value is -2.02. The molecule has 1 N–H and O–H groups in total. The predicted octanol–water partition coefficient (Wildman–Crippen LogP) is 2.82. The van der Waals surface area contributed by atoms with Gasteiger partial charge in [0.25, 0.3) is 0 Å². The zero-order valence-corrected chi connectivity index (χ0v) is 11.7. The Labute approximate surface area is 117 Å². The molecule has 6 nitrogen and oxygen atoms in total. The summed E-state index contributed by atoms with van der Waals surface area (Å²) < 4.78 is 16.0. The Kier molecular flexibility index (Phi) is 3.75. The first kappa shape index (κ1) is 13.4. The third-order valence-corrected chi connectivity index (χ3v) is 3.27. The van der Waals surface area contributed by atoms with Crippen LogP contribution >= 0.6 is 15.9 Å². The lowest BCUT2D eigenvalue weighted by atomic mass is 10.1. The summed E-state index contributed by atoms with van der Waals surface area (Å²) in [6.07, 6.45) is 0. The van der Waals surface area contributed by atoms with Gasteiger partial charge in [-0.15, -0.1) is 0 Å². The van der Waals surface area contributed by atoms with E-state index in [1.165, 1.54) is 20.3 Å². The van der Waals surface area contributed by atoms with E-state index in [1.807, 2.05) is 0 Å². The van der Waals surface area contributed by atoms with Crippen LogP contribution in [0.25, 0.3) is 11.3 Å². The fourth-order valence-corrected chi connectivity index (χ4v) is 2.28. The van der Waals surface area contributed by atoms with E-state index < -0.39 is 5.97 Å². The molecule has 0 saturated heterocycles. The summed E-state index contributed by atoms with van der Waals surface area (Å²) in [5.41, 5.74) is 0.369. The van der Waals surface area contributed by atoms with Gasteiger partial charge in [-0.05, 0) is 28.1 Å². The number of hydrogen-bond acceptors (Lipinski definition) is 5. The van der Waals surface area contributed by atoms with Gasteiger partial charge in [-0.1, -0.05) is 5.16 Å². The van der Waals surface area contributed by atoms with Crippen LogP contribution in [0.3, 0.4) is 0 Å². The highest BCUT2D eigenvalue weighted by molar-refractivity contribution is 9.10. The van der Waals surface area contributed by atoms with Crippen molar-refractivity contribution in [1.82, 2.24) is 5.16 Å². The number of halogens is 1. The van der Waals surface area contributed by atoms with Gasteiger partial charge in [-0.25, -0.2) is 4.79 Å². The molecule has 0 bridgehead atoms. The second-order valence-electron chi connectivity index (χ2n) is 3.54. The molecule has 0 unspecified atom stereocenters. The van der Waals surface area contributed by atoms with Gasteiger partial charge in [0.15, 0.2) is 11.5 Å². The maximum absolute atomic E-state index is 10.8. The Morgan fingerprint density at radius 3 is 2.47 bits per heavy atom. The highest BCUT2D eigenvalue weighted by Crippen LogP contribution is 2.42. The topological polar surface area (TPSA) is 81.8 Å². The average Bonchev–Trinajstić information content (AvgIpc) is 2.87. The van der Waals surface area contributed by atoms with Crippen molar-refractivity contribution in [2.24, 2.45) is 0 Å². The number of methoxy groups -OCH3 is 2. The molecule has 0 atom stereocenters. The van der Waals surface area contributed by atoms with Crippen molar-refractivity contribution >= 4 is 21.9 Å². The van der Waals surface area contributed by atoms with Crippen molar-refractivity contribution in [1.29, 1.82) is 0 Å². The number of carboxylic acid groups (broad SMARTS) is 1. The van der Waals surface area contributed by atoms with Crippen molar-refractivity contribution in [3.05, 3.63) is 28.4 Å². The number of aromatic carboxylic acids is 1. The van der Waals surface area contributed by atoms with Crippen LogP contribution in [0.5, 0.6) is 11.5 Å². The first-order valence-corrected chi connectivity index (χ1v) is 5.98. The van der Waals surface area contributed by atoms with Crippen molar-refractivity contribution in [3.63, 3.8) is 0 Å². The summed E-state index contributed by atoms with van der Waals surface area (Å²) in [5.74, 6) is 0.206. The number of benzene rings is 1. The van der Waals surface area contributed by atoms with Gasteiger partial charge in [0.05, 0.1) is 24.3 Å². The lowest BCUT2D eigenvalue weighted by Crippen LogP contribution is -1.95. The van der Waals surface area contributed by atoms with Gasteiger partial charge < -0.3 is 19.1 Å². The number of nitrogens with zero attached hydrogens (tertiary/aromatic N) is 1. The van der Waals surface area contributed by atoms with Crippen LogP contribution in [0.15, 0.2) is 27.2 Å². The number of carbonyl (C=O) groups is 1. The number of rotatable bonds is 4. The van der Waals surface area contributed by atoms with E-state index in [0.717, 1.165) is 0 Å². The summed E-state index contributed by atoms with van der Waals surface area (Å²) in [6.45, 7) is 0. The van der Waals surface area contributed by atoms with Crippen LogP contribution in [0, 0.1) is 0 Å². The maximum Gasteiger partial charge on any atom is 0.358 e. The van der Waals surface area contributed by atoms with Crippen LogP contribution in [0.1, 0.15) is 10.5 Å². The molecule has 1 aromatic heterocycles. The molecule has 2 aromatic rings. The summed E-state index contributed by atoms with van der Waals surface area (Å²) in [5, 5.41) is 12.3. The van der Waals surface area contributed by atoms with E-state index in [0.29, 0.717) is 21.5 Å². The Balaban J connectivity index is 2.61. The standard InChI is InChI=1S/C12H10BrNO5/c1-17-7-3-4-8(18-2)11(13)10(7)9-5-6(12(15)16)14-19-9/h3-5H,1-2H3,(H,15,16). The lowest BCUT2D eigenvalue weighted by molar-refractivity contribution is 0.0686. The Morgan fingerprint density at radius 2 is 1.95 bits per heavy atom. The van der Waals surface area contributed by atoms with Gasteiger partial charge in [0.1, 0.15) is 11.5 Å². The summed E-state index contributed by atoms with van der Waals surface area (Å²) in [7, 11) is 3.03. The van der Waals surface area contributed by atoms with E-state index in [2.05, 4.69) is 21.1 Å². The van der Waals surface area contributed by atoms with Gasteiger partial charge in [0, 0.05) is 6.07 Å². The number of hydrogen-bond donors (Lipinski definition) is 1. The molecule has 7 heteroatoms. The van der Waals surface area contributed by atoms with Gasteiger partial charge in [-0.3, -0.25) is 0 Å². The minimum absolute atomic E-state index is 0.174. The van der Waals surface area contributed by atoms with Crippen LogP contribution in [0.4, 0.5) is 0 Å². The molecule has 1 heterocycles. The summed E-state index contributed by atoms with van der Waals surface area (Å²) >= 11 is 3.38. The number of carboxylic acids is 1. The molecule has 0 radical (unpaired) electrons. The Morgan fingerprint density at radius 1 is 1.32 bits per heavy atom. The monoisotopic (exact) mass is 327 g/mol. The second-order valence-corrected chi connectivity index (χ2v) is 4.33. The molecular formula is C12H10BrNO5. The number of aromatic nitrogens is 1. The maximum atomic E-state index is 10.8. The third kappa shape index (κ3) is 2.41. The van der Waals surface area contributed by atoms with E-state index in [-0.39, 0.29) is 11.5 Å². The van der Waals surface area contributed by atoms with Crippen molar-refractivity contribution < 1.29 is 23.9 Å². The van der Waals surface area contributed by atoms with Gasteiger partial charge in [-0.2, -0.15) is 0 Å². The summed E-state index contributed by atoms with van der Waals surface area (Å²) in [6, 6.07) is 4.74.